The second-order valence-electron chi connectivity index (χ2n) is 8.92. The Morgan fingerprint density at radius 3 is 2.47 bits per heavy atom. The second kappa shape index (κ2) is 9.25. The summed E-state index contributed by atoms with van der Waals surface area (Å²) in [5.74, 6) is -3.58. The Kier molecular flexibility index (Phi) is 6.53. The maximum absolute atomic E-state index is 14.4. The minimum Gasteiger partial charge on any atom is -0.368 e. The van der Waals surface area contributed by atoms with E-state index in [4.69, 9.17) is 5.73 Å². The Morgan fingerprint density at radius 1 is 1.15 bits per heavy atom. The summed E-state index contributed by atoms with van der Waals surface area (Å²) in [6, 6.07) is 10.5. The van der Waals surface area contributed by atoms with Crippen LogP contribution in [0.1, 0.15) is 54.4 Å². The molecule has 2 atom stereocenters. The number of amides is 1. The molecule has 1 amide bonds. The van der Waals surface area contributed by atoms with Crippen LogP contribution in [0.15, 0.2) is 42.5 Å². The van der Waals surface area contributed by atoms with E-state index in [2.05, 4.69) is 10.00 Å². The minimum atomic E-state index is -1.21. The van der Waals surface area contributed by atoms with Gasteiger partial charge in [-0.25, -0.2) is 13.2 Å². The van der Waals surface area contributed by atoms with Crippen LogP contribution in [0.2, 0.25) is 0 Å². The first-order chi connectivity index (χ1) is 16.2. The van der Waals surface area contributed by atoms with Gasteiger partial charge >= 0.3 is 0 Å². The van der Waals surface area contributed by atoms with Gasteiger partial charge in [-0.1, -0.05) is 30.3 Å². The maximum Gasteiger partial charge on any atom is 0.242 e. The van der Waals surface area contributed by atoms with Crippen LogP contribution in [0.25, 0.3) is 0 Å². The zero-order valence-corrected chi connectivity index (χ0v) is 19.6. The van der Waals surface area contributed by atoms with Gasteiger partial charge in [0.05, 0.1) is 5.69 Å². The van der Waals surface area contributed by atoms with Gasteiger partial charge in [0.1, 0.15) is 11.4 Å². The van der Waals surface area contributed by atoms with E-state index in [0.29, 0.717) is 32.0 Å². The molecule has 1 aromatic heterocycles. The molecule has 4 rings (SSSR count). The highest BCUT2D eigenvalue weighted by atomic mass is 19.2. The molecule has 180 valence electrons. The predicted octanol–water partition coefficient (Wildman–Crippen LogP) is 4.56. The van der Waals surface area contributed by atoms with Crippen molar-refractivity contribution in [3.63, 3.8) is 0 Å². The standard InChI is InChI=1S/C26H29F3N4O/c1-4-33-23-12-13-32(26(3,25(30)34)18-8-6-5-7-9-18)22(24(23)16(2)31-33)11-10-17-14-20(28)21(29)15-19(17)27/h5-9,14-15,22H,4,10-13H2,1-3H3,(H2,30,34). The van der Waals surface area contributed by atoms with Crippen molar-refractivity contribution in [3.05, 3.63) is 88.0 Å². The summed E-state index contributed by atoms with van der Waals surface area (Å²) in [6.07, 6.45) is 1.21. The molecule has 2 heterocycles. The molecular weight excluding hydrogens is 441 g/mol. The van der Waals surface area contributed by atoms with Crippen LogP contribution in [0.3, 0.4) is 0 Å². The molecule has 2 aromatic carbocycles. The number of primary amides is 1. The van der Waals surface area contributed by atoms with Crippen molar-refractivity contribution in [1.29, 1.82) is 0 Å². The highest BCUT2D eigenvalue weighted by Crippen LogP contribution is 2.43. The first-order valence-electron chi connectivity index (χ1n) is 11.5. The van der Waals surface area contributed by atoms with Gasteiger partial charge < -0.3 is 5.73 Å². The lowest BCUT2D eigenvalue weighted by molar-refractivity contribution is -0.132. The molecule has 0 aliphatic carbocycles. The van der Waals surface area contributed by atoms with Gasteiger partial charge in [0.2, 0.25) is 5.91 Å². The molecular formula is C26H29F3N4O. The monoisotopic (exact) mass is 470 g/mol. The van der Waals surface area contributed by atoms with Gasteiger partial charge in [0.25, 0.3) is 0 Å². The number of hydrogen-bond donors (Lipinski definition) is 1. The number of aromatic nitrogens is 2. The molecule has 5 nitrogen and oxygen atoms in total. The van der Waals surface area contributed by atoms with Crippen molar-refractivity contribution in [2.75, 3.05) is 6.54 Å². The Hall–Kier alpha value is -3.13. The smallest absolute Gasteiger partial charge is 0.242 e. The number of hydrogen-bond acceptors (Lipinski definition) is 3. The fraction of sp³-hybridized carbons (Fsp3) is 0.385. The normalized spacial score (nSPS) is 17.9. The van der Waals surface area contributed by atoms with E-state index in [1.165, 1.54) is 0 Å². The van der Waals surface area contributed by atoms with E-state index in [0.717, 1.165) is 28.6 Å². The van der Waals surface area contributed by atoms with Crippen LogP contribution in [-0.2, 0) is 29.7 Å². The molecule has 0 bridgehead atoms. The van der Waals surface area contributed by atoms with Crippen LogP contribution in [0.5, 0.6) is 0 Å². The maximum atomic E-state index is 14.4. The van der Waals surface area contributed by atoms with Gasteiger partial charge in [-0.3, -0.25) is 14.4 Å². The largest absolute Gasteiger partial charge is 0.368 e. The molecule has 8 heteroatoms. The number of benzene rings is 2. The van der Waals surface area contributed by atoms with Gasteiger partial charge in [0, 0.05) is 42.9 Å². The third-order valence-electron chi connectivity index (χ3n) is 7.05. The van der Waals surface area contributed by atoms with Crippen molar-refractivity contribution in [2.24, 2.45) is 5.73 Å². The summed E-state index contributed by atoms with van der Waals surface area (Å²) < 4.78 is 43.7. The predicted molar refractivity (Wildman–Crippen MR) is 123 cm³/mol. The lowest BCUT2D eigenvalue weighted by Crippen LogP contribution is -2.56. The third-order valence-corrected chi connectivity index (χ3v) is 7.05. The van der Waals surface area contributed by atoms with Crippen molar-refractivity contribution in [3.8, 4) is 0 Å². The molecule has 0 spiro atoms. The summed E-state index contributed by atoms with van der Waals surface area (Å²) in [5, 5.41) is 4.68. The number of rotatable bonds is 7. The fourth-order valence-electron chi connectivity index (χ4n) is 5.24. The van der Waals surface area contributed by atoms with Gasteiger partial charge in [-0.05, 0) is 50.8 Å². The molecule has 0 radical (unpaired) electrons. The average molecular weight is 471 g/mol. The highest BCUT2D eigenvalue weighted by molar-refractivity contribution is 5.86. The Bertz CT molecular complexity index is 1210. The van der Waals surface area contributed by atoms with E-state index in [9.17, 15) is 18.0 Å². The molecule has 1 aliphatic heterocycles. The van der Waals surface area contributed by atoms with Crippen molar-refractivity contribution in [1.82, 2.24) is 14.7 Å². The van der Waals surface area contributed by atoms with Crippen LogP contribution in [0.4, 0.5) is 13.2 Å². The minimum absolute atomic E-state index is 0.0898. The van der Waals surface area contributed by atoms with Gasteiger partial charge in [0.15, 0.2) is 11.6 Å². The zero-order valence-electron chi connectivity index (χ0n) is 19.6. The SMILES string of the molecule is CCn1nc(C)c2c1CCN(C(C)(C(N)=O)c1ccccc1)C2CCc1cc(F)c(F)cc1F. The van der Waals surface area contributed by atoms with Gasteiger partial charge in [-0.15, -0.1) is 0 Å². The molecule has 34 heavy (non-hydrogen) atoms. The molecule has 0 fully saturated rings. The van der Waals surface area contributed by atoms with E-state index < -0.39 is 28.9 Å². The quantitative estimate of drug-likeness (QED) is 0.515. The topological polar surface area (TPSA) is 64.2 Å². The van der Waals surface area contributed by atoms with E-state index >= 15 is 0 Å². The van der Waals surface area contributed by atoms with Crippen molar-refractivity contribution >= 4 is 5.91 Å². The summed E-state index contributed by atoms with van der Waals surface area (Å²) >= 11 is 0. The third kappa shape index (κ3) is 4.00. The highest BCUT2D eigenvalue weighted by Gasteiger charge is 2.46. The molecule has 1 aliphatic rings. The number of carbonyl (C=O) groups is 1. The molecule has 0 saturated carbocycles. The molecule has 3 aromatic rings. The number of nitrogens with zero attached hydrogens (tertiary/aromatic N) is 3. The van der Waals surface area contributed by atoms with Crippen LogP contribution in [-0.4, -0.2) is 27.1 Å². The summed E-state index contributed by atoms with van der Waals surface area (Å²) in [6.45, 7) is 6.98. The molecule has 2 unspecified atom stereocenters. The number of carbonyl (C=O) groups excluding carboxylic acids is 1. The Labute approximate surface area is 197 Å². The van der Waals surface area contributed by atoms with Gasteiger partial charge in [-0.2, -0.15) is 5.10 Å². The zero-order chi connectivity index (χ0) is 24.6. The van der Waals surface area contributed by atoms with E-state index in [-0.39, 0.29) is 18.0 Å². The molecule has 0 saturated heterocycles. The number of nitrogens with two attached hydrogens (primary N) is 1. The fourth-order valence-corrected chi connectivity index (χ4v) is 5.24. The van der Waals surface area contributed by atoms with Crippen molar-refractivity contribution in [2.45, 2.75) is 58.2 Å². The summed E-state index contributed by atoms with van der Waals surface area (Å²) in [4.78, 5) is 15.0. The Morgan fingerprint density at radius 2 is 1.82 bits per heavy atom. The number of aryl methyl sites for hydroxylation is 3. The first-order valence-corrected chi connectivity index (χ1v) is 11.5. The first kappa shape index (κ1) is 24.0. The number of halogens is 3. The summed E-state index contributed by atoms with van der Waals surface area (Å²) in [7, 11) is 0. The summed E-state index contributed by atoms with van der Waals surface area (Å²) in [5.41, 5.74) is 8.61. The lowest BCUT2D eigenvalue weighted by atomic mass is 9.82. The van der Waals surface area contributed by atoms with Crippen LogP contribution in [0, 0.1) is 24.4 Å². The van der Waals surface area contributed by atoms with Crippen LogP contribution >= 0.6 is 0 Å². The van der Waals surface area contributed by atoms with E-state index in [1.54, 1.807) is 6.92 Å². The van der Waals surface area contributed by atoms with E-state index in [1.807, 2.05) is 48.9 Å². The number of fused-ring (bicyclic) bond motifs is 1. The second-order valence-corrected chi connectivity index (χ2v) is 8.92. The molecule has 2 N–H and O–H groups in total. The Balaban J connectivity index is 1.80. The van der Waals surface area contributed by atoms with Crippen LogP contribution < -0.4 is 5.73 Å². The lowest BCUT2D eigenvalue weighted by Gasteiger charge is -2.47. The average Bonchev–Trinajstić information content (AvgIpc) is 3.16. The van der Waals surface area contributed by atoms with Crippen molar-refractivity contribution < 1.29 is 18.0 Å².